The SMILES string of the molecule is CCCCC(=O)NCC(CC)CCBr. The van der Waals surface area contributed by atoms with Crippen LogP contribution in [0.5, 0.6) is 0 Å². The molecule has 1 N–H and O–H groups in total. The normalized spacial score (nSPS) is 12.5. The predicted molar refractivity (Wildman–Crippen MR) is 64.7 cm³/mol. The molecule has 84 valence electrons. The molecule has 1 unspecified atom stereocenters. The molecule has 0 aromatic carbocycles. The lowest BCUT2D eigenvalue weighted by Crippen LogP contribution is -2.29. The van der Waals surface area contributed by atoms with Crippen molar-refractivity contribution < 1.29 is 4.79 Å². The van der Waals surface area contributed by atoms with Gasteiger partial charge >= 0.3 is 0 Å². The Morgan fingerprint density at radius 1 is 1.43 bits per heavy atom. The minimum Gasteiger partial charge on any atom is -0.356 e. The summed E-state index contributed by atoms with van der Waals surface area (Å²) in [5.41, 5.74) is 0. The molecule has 1 atom stereocenters. The number of carbonyl (C=O) groups excluding carboxylic acids is 1. The van der Waals surface area contributed by atoms with Crippen molar-refractivity contribution in [2.45, 2.75) is 46.0 Å². The molecule has 0 aliphatic carbocycles. The number of unbranched alkanes of at least 4 members (excludes halogenated alkanes) is 1. The molecule has 0 aliphatic rings. The number of amides is 1. The average Bonchev–Trinajstić information content (AvgIpc) is 2.21. The fourth-order valence-corrected chi connectivity index (χ4v) is 1.94. The minimum atomic E-state index is 0.208. The Balaban J connectivity index is 3.52. The van der Waals surface area contributed by atoms with Crippen molar-refractivity contribution in [3.8, 4) is 0 Å². The molecule has 0 saturated heterocycles. The van der Waals surface area contributed by atoms with E-state index in [0.717, 1.165) is 37.6 Å². The molecule has 0 aliphatic heterocycles. The molecule has 0 aromatic rings. The van der Waals surface area contributed by atoms with Crippen LogP contribution in [0.15, 0.2) is 0 Å². The van der Waals surface area contributed by atoms with Crippen LogP contribution in [-0.2, 0) is 4.79 Å². The molecule has 3 heteroatoms. The summed E-state index contributed by atoms with van der Waals surface area (Å²) in [7, 11) is 0. The highest BCUT2D eigenvalue weighted by Crippen LogP contribution is 2.08. The van der Waals surface area contributed by atoms with Crippen LogP contribution in [-0.4, -0.2) is 17.8 Å². The first-order valence-electron chi connectivity index (χ1n) is 5.57. The van der Waals surface area contributed by atoms with Gasteiger partial charge in [-0.3, -0.25) is 4.79 Å². The molecule has 14 heavy (non-hydrogen) atoms. The molecule has 0 aromatic heterocycles. The van der Waals surface area contributed by atoms with Crippen LogP contribution < -0.4 is 5.32 Å². The number of nitrogens with one attached hydrogen (secondary N) is 1. The lowest BCUT2D eigenvalue weighted by atomic mass is 10.0. The first-order valence-corrected chi connectivity index (χ1v) is 6.69. The highest BCUT2D eigenvalue weighted by Gasteiger charge is 2.07. The van der Waals surface area contributed by atoms with E-state index in [-0.39, 0.29) is 5.91 Å². The van der Waals surface area contributed by atoms with Gasteiger partial charge in [0.05, 0.1) is 0 Å². The predicted octanol–water partition coefficient (Wildman–Crippen LogP) is 3.10. The number of alkyl halides is 1. The van der Waals surface area contributed by atoms with Crippen molar-refractivity contribution in [1.29, 1.82) is 0 Å². The van der Waals surface area contributed by atoms with Gasteiger partial charge in [0.2, 0.25) is 5.91 Å². The Hall–Kier alpha value is -0.0500. The van der Waals surface area contributed by atoms with Gasteiger partial charge in [-0.05, 0) is 18.8 Å². The van der Waals surface area contributed by atoms with Gasteiger partial charge < -0.3 is 5.32 Å². The van der Waals surface area contributed by atoms with Crippen LogP contribution in [0.1, 0.15) is 46.0 Å². The topological polar surface area (TPSA) is 29.1 Å². The monoisotopic (exact) mass is 263 g/mol. The van der Waals surface area contributed by atoms with Gasteiger partial charge in [0.1, 0.15) is 0 Å². The largest absolute Gasteiger partial charge is 0.356 e. The number of halogens is 1. The third kappa shape index (κ3) is 7.36. The molecule has 0 spiro atoms. The summed E-state index contributed by atoms with van der Waals surface area (Å²) < 4.78 is 0. The van der Waals surface area contributed by atoms with Crippen LogP contribution in [0.4, 0.5) is 0 Å². The Morgan fingerprint density at radius 2 is 2.14 bits per heavy atom. The molecule has 0 rings (SSSR count). The maximum absolute atomic E-state index is 11.3. The summed E-state index contributed by atoms with van der Waals surface area (Å²) in [6.45, 7) is 5.11. The maximum atomic E-state index is 11.3. The molecular formula is C11H22BrNO. The molecule has 2 nitrogen and oxygen atoms in total. The molecule has 0 bridgehead atoms. The van der Waals surface area contributed by atoms with Crippen molar-refractivity contribution in [1.82, 2.24) is 5.32 Å². The number of rotatable bonds is 8. The van der Waals surface area contributed by atoms with Crippen molar-refractivity contribution in [3.63, 3.8) is 0 Å². The van der Waals surface area contributed by atoms with Crippen LogP contribution in [0.2, 0.25) is 0 Å². The maximum Gasteiger partial charge on any atom is 0.220 e. The lowest BCUT2D eigenvalue weighted by molar-refractivity contribution is -0.121. The van der Waals surface area contributed by atoms with E-state index in [9.17, 15) is 4.79 Å². The van der Waals surface area contributed by atoms with Crippen molar-refractivity contribution in [2.24, 2.45) is 5.92 Å². The van der Waals surface area contributed by atoms with E-state index in [0.29, 0.717) is 12.3 Å². The zero-order chi connectivity index (χ0) is 10.8. The third-order valence-corrected chi connectivity index (χ3v) is 2.90. The van der Waals surface area contributed by atoms with Crippen LogP contribution >= 0.6 is 15.9 Å². The number of carbonyl (C=O) groups is 1. The van der Waals surface area contributed by atoms with Gasteiger partial charge in [-0.2, -0.15) is 0 Å². The highest BCUT2D eigenvalue weighted by atomic mass is 79.9. The third-order valence-electron chi connectivity index (χ3n) is 2.44. The van der Waals surface area contributed by atoms with E-state index in [4.69, 9.17) is 0 Å². The summed E-state index contributed by atoms with van der Waals surface area (Å²) in [4.78, 5) is 11.3. The Labute approximate surface area is 96.0 Å². The van der Waals surface area contributed by atoms with Gasteiger partial charge in [-0.1, -0.05) is 42.6 Å². The molecule has 1 amide bonds. The smallest absolute Gasteiger partial charge is 0.220 e. The first kappa shape index (κ1) is 13.9. The van der Waals surface area contributed by atoms with Gasteiger partial charge in [0.15, 0.2) is 0 Å². The van der Waals surface area contributed by atoms with E-state index in [1.54, 1.807) is 0 Å². The van der Waals surface area contributed by atoms with Crippen LogP contribution in [0, 0.1) is 5.92 Å². The molecule has 0 fully saturated rings. The fourth-order valence-electron chi connectivity index (χ4n) is 1.29. The van der Waals surface area contributed by atoms with Gasteiger partial charge in [-0.15, -0.1) is 0 Å². The average molecular weight is 264 g/mol. The van der Waals surface area contributed by atoms with Crippen LogP contribution in [0.3, 0.4) is 0 Å². The summed E-state index contributed by atoms with van der Waals surface area (Å²) >= 11 is 3.43. The Kier molecular flexibility index (Phi) is 9.47. The zero-order valence-corrected chi connectivity index (χ0v) is 10.9. The van der Waals surface area contributed by atoms with E-state index in [1.807, 2.05) is 0 Å². The molecule has 0 saturated carbocycles. The van der Waals surface area contributed by atoms with Gasteiger partial charge in [0, 0.05) is 18.3 Å². The molecular weight excluding hydrogens is 242 g/mol. The standard InChI is InChI=1S/C11H22BrNO/c1-3-5-6-11(14)13-9-10(4-2)7-8-12/h10H,3-9H2,1-2H3,(H,13,14). The van der Waals surface area contributed by atoms with Crippen molar-refractivity contribution >= 4 is 21.8 Å². The summed E-state index contributed by atoms with van der Waals surface area (Å²) in [5.74, 6) is 0.833. The second-order valence-electron chi connectivity index (χ2n) is 3.66. The van der Waals surface area contributed by atoms with E-state index in [1.165, 1.54) is 0 Å². The van der Waals surface area contributed by atoms with Crippen LogP contribution in [0.25, 0.3) is 0 Å². The number of hydrogen-bond acceptors (Lipinski definition) is 1. The summed E-state index contributed by atoms with van der Waals surface area (Å²) in [5, 5.41) is 4.02. The summed E-state index contributed by atoms with van der Waals surface area (Å²) in [6, 6.07) is 0. The fraction of sp³-hybridized carbons (Fsp3) is 0.909. The van der Waals surface area contributed by atoms with Crippen molar-refractivity contribution in [3.05, 3.63) is 0 Å². The van der Waals surface area contributed by atoms with Gasteiger partial charge in [0.25, 0.3) is 0 Å². The lowest BCUT2D eigenvalue weighted by Gasteiger charge is -2.13. The quantitative estimate of drug-likeness (QED) is 0.670. The van der Waals surface area contributed by atoms with Crippen molar-refractivity contribution in [2.75, 3.05) is 11.9 Å². The van der Waals surface area contributed by atoms with Gasteiger partial charge in [-0.25, -0.2) is 0 Å². The molecule has 0 radical (unpaired) electrons. The van der Waals surface area contributed by atoms with E-state index < -0.39 is 0 Å². The molecule has 0 heterocycles. The first-order chi connectivity index (χ1) is 6.74. The Bertz CT molecular complexity index is 150. The van der Waals surface area contributed by atoms with E-state index >= 15 is 0 Å². The summed E-state index contributed by atoms with van der Waals surface area (Å²) in [6.07, 6.45) is 5.05. The highest BCUT2D eigenvalue weighted by molar-refractivity contribution is 9.09. The second-order valence-corrected chi connectivity index (χ2v) is 4.45. The zero-order valence-electron chi connectivity index (χ0n) is 9.31. The minimum absolute atomic E-state index is 0.208. The number of hydrogen-bond donors (Lipinski definition) is 1. The van der Waals surface area contributed by atoms with E-state index in [2.05, 4.69) is 35.1 Å². The Morgan fingerprint density at radius 3 is 2.64 bits per heavy atom. The second kappa shape index (κ2) is 9.50.